The van der Waals surface area contributed by atoms with Gasteiger partial charge in [0, 0.05) is 0 Å². The SMILES string of the molecule is CCOC(=O)CC1(CCN)CCCCC1. The van der Waals surface area contributed by atoms with Crippen LogP contribution in [0.1, 0.15) is 51.9 Å². The summed E-state index contributed by atoms with van der Waals surface area (Å²) in [6, 6.07) is 0. The fraction of sp³-hybridized carbons (Fsp3) is 0.917. The van der Waals surface area contributed by atoms with Crippen LogP contribution in [0.5, 0.6) is 0 Å². The third-order valence-electron chi connectivity index (χ3n) is 3.41. The number of carbonyl (C=O) groups is 1. The zero-order valence-electron chi connectivity index (χ0n) is 9.76. The molecule has 88 valence electrons. The van der Waals surface area contributed by atoms with Crippen molar-refractivity contribution in [2.45, 2.75) is 51.9 Å². The summed E-state index contributed by atoms with van der Waals surface area (Å²) < 4.78 is 5.04. The van der Waals surface area contributed by atoms with Crippen molar-refractivity contribution >= 4 is 5.97 Å². The fourth-order valence-corrected chi connectivity index (χ4v) is 2.64. The van der Waals surface area contributed by atoms with Gasteiger partial charge in [0.2, 0.25) is 0 Å². The number of carbonyl (C=O) groups excluding carboxylic acids is 1. The predicted octanol–water partition coefficient (Wildman–Crippen LogP) is 2.24. The maximum Gasteiger partial charge on any atom is 0.306 e. The lowest BCUT2D eigenvalue weighted by Crippen LogP contribution is -2.30. The van der Waals surface area contributed by atoms with E-state index < -0.39 is 0 Å². The second-order valence-corrected chi connectivity index (χ2v) is 4.58. The lowest BCUT2D eigenvalue weighted by atomic mass is 9.70. The summed E-state index contributed by atoms with van der Waals surface area (Å²) in [6.07, 6.45) is 7.59. The van der Waals surface area contributed by atoms with E-state index in [1.165, 1.54) is 19.3 Å². The van der Waals surface area contributed by atoms with Gasteiger partial charge in [-0.3, -0.25) is 4.79 Å². The molecule has 0 radical (unpaired) electrons. The van der Waals surface area contributed by atoms with Crippen LogP contribution in [0.25, 0.3) is 0 Å². The summed E-state index contributed by atoms with van der Waals surface area (Å²) in [7, 11) is 0. The Labute approximate surface area is 92.4 Å². The van der Waals surface area contributed by atoms with Crippen LogP contribution in [-0.2, 0) is 9.53 Å². The van der Waals surface area contributed by atoms with E-state index in [2.05, 4.69) is 0 Å². The third-order valence-corrected chi connectivity index (χ3v) is 3.41. The van der Waals surface area contributed by atoms with Gasteiger partial charge in [-0.05, 0) is 38.1 Å². The highest BCUT2D eigenvalue weighted by Crippen LogP contribution is 2.42. The van der Waals surface area contributed by atoms with E-state index in [-0.39, 0.29) is 11.4 Å². The van der Waals surface area contributed by atoms with Crippen molar-refractivity contribution in [3.8, 4) is 0 Å². The molecule has 0 atom stereocenters. The molecule has 1 saturated carbocycles. The van der Waals surface area contributed by atoms with Crippen molar-refractivity contribution in [1.29, 1.82) is 0 Å². The average Bonchev–Trinajstić information content (AvgIpc) is 2.19. The maximum absolute atomic E-state index is 11.5. The minimum Gasteiger partial charge on any atom is -0.466 e. The number of ether oxygens (including phenoxy) is 1. The molecule has 0 bridgehead atoms. The number of nitrogens with two attached hydrogens (primary N) is 1. The summed E-state index contributed by atoms with van der Waals surface area (Å²) in [4.78, 5) is 11.5. The topological polar surface area (TPSA) is 52.3 Å². The first-order valence-electron chi connectivity index (χ1n) is 6.08. The first kappa shape index (κ1) is 12.5. The molecule has 3 nitrogen and oxygen atoms in total. The van der Waals surface area contributed by atoms with E-state index in [9.17, 15) is 4.79 Å². The van der Waals surface area contributed by atoms with Gasteiger partial charge in [-0.2, -0.15) is 0 Å². The molecular formula is C12H23NO2. The van der Waals surface area contributed by atoms with Gasteiger partial charge in [-0.1, -0.05) is 19.3 Å². The first-order valence-corrected chi connectivity index (χ1v) is 6.08. The Hall–Kier alpha value is -0.570. The molecule has 0 aromatic rings. The summed E-state index contributed by atoms with van der Waals surface area (Å²) >= 11 is 0. The molecule has 0 unspecified atom stereocenters. The fourth-order valence-electron chi connectivity index (χ4n) is 2.64. The Morgan fingerprint density at radius 1 is 1.33 bits per heavy atom. The lowest BCUT2D eigenvalue weighted by Gasteiger charge is -2.36. The molecule has 3 heteroatoms. The minimum atomic E-state index is -0.0483. The minimum absolute atomic E-state index is 0.0483. The van der Waals surface area contributed by atoms with Crippen LogP contribution in [0.4, 0.5) is 0 Å². The molecule has 0 heterocycles. The van der Waals surface area contributed by atoms with E-state index in [1.54, 1.807) is 0 Å². The zero-order valence-corrected chi connectivity index (χ0v) is 9.76. The van der Waals surface area contributed by atoms with Gasteiger partial charge in [-0.15, -0.1) is 0 Å². The van der Waals surface area contributed by atoms with Gasteiger partial charge in [-0.25, -0.2) is 0 Å². The summed E-state index contributed by atoms with van der Waals surface area (Å²) in [5.74, 6) is -0.0483. The van der Waals surface area contributed by atoms with Crippen LogP contribution in [0, 0.1) is 5.41 Å². The predicted molar refractivity (Wildman–Crippen MR) is 60.4 cm³/mol. The monoisotopic (exact) mass is 213 g/mol. The number of hydrogen-bond acceptors (Lipinski definition) is 3. The quantitative estimate of drug-likeness (QED) is 0.712. The highest BCUT2D eigenvalue weighted by atomic mass is 16.5. The Bertz CT molecular complexity index is 192. The van der Waals surface area contributed by atoms with Gasteiger partial charge in [0.15, 0.2) is 0 Å². The molecular weight excluding hydrogens is 190 g/mol. The molecule has 0 aromatic carbocycles. The van der Waals surface area contributed by atoms with Crippen molar-refractivity contribution in [2.75, 3.05) is 13.2 Å². The molecule has 2 N–H and O–H groups in total. The van der Waals surface area contributed by atoms with Crippen molar-refractivity contribution < 1.29 is 9.53 Å². The Morgan fingerprint density at radius 2 is 2.00 bits per heavy atom. The number of rotatable bonds is 5. The molecule has 1 aliphatic rings. The summed E-state index contributed by atoms with van der Waals surface area (Å²) in [5, 5.41) is 0. The third kappa shape index (κ3) is 3.82. The summed E-state index contributed by atoms with van der Waals surface area (Å²) in [5.41, 5.74) is 5.79. The maximum atomic E-state index is 11.5. The first-order chi connectivity index (χ1) is 7.22. The molecule has 15 heavy (non-hydrogen) atoms. The molecule has 0 aliphatic heterocycles. The van der Waals surface area contributed by atoms with Crippen molar-refractivity contribution in [3.63, 3.8) is 0 Å². The van der Waals surface area contributed by atoms with Gasteiger partial charge < -0.3 is 10.5 Å². The number of hydrogen-bond donors (Lipinski definition) is 1. The molecule has 1 fully saturated rings. The smallest absolute Gasteiger partial charge is 0.306 e. The highest BCUT2D eigenvalue weighted by molar-refractivity contribution is 5.70. The van der Waals surface area contributed by atoms with E-state index in [0.717, 1.165) is 19.3 Å². The van der Waals surface area contributed by atoms with E-state index in [4.69, 9.17) is 10.5 Å². The Morgan fingerprint density at radius 3 is 2.53 bits per heavy atom. The molecule has 1 aliphatic carbocycles. The van der Waals surface area contributed by atoms with E-state index in [1.807, 2.05) is 6.92 Å². The second kappa shape index (κ2) is 6.11. The summed E-state index contributed by atoms with van der Waals surface area (Å²) in [6.45, 7) is 3.02. The van der Waals surface area contributed by atoms with Crippen molar-refractivity contribution in [3.05, 3.63) is 0 Å². The van der Waals surface area contributed by atoms with Crippen LogP contribution in [-0.4, -0.2) is 19.1 Å². The van der Waals surface area contributed by atoms with E-state index in [0.29, 0.717) is 19.6 Å². The van der Waals surface area contributed by atoms with Crippen LogP contribution in [0.2, 0.25) is 0 Å². The normalized spacial score (nSPS) is 19.9. The van der Waals surface area contributed by atoms with Crippen LogP contribution in [0.3, 0.4) is 0 Å². The highest BCUT2D eigenvalue weighted by Gasteiger charge is 2.33. The zero-order chi connectivity index (χ0) is 11.1. The van der Waals surface area contributed by atoms with Gasteiger partial charge >= 0.3 is 5.97 Å². The van der Waals surface area contributed by atoms with Crippen molar-refractivity contribution in [2.24, 2.45) is 11.1 Å². The van der Waals surface area contributed by atoms with Gasteiger partial charge in [0.1, 0.15) is 0 Å². The molecule has 0 aromatic heterocycles. The molecule has 0 spiro atoms. The van der Waals surface area contributed by atoms with Crippen LogP contribution < -0.4 is 5.73 Å². The molecule has 0 amide bonds. The van der Waals surface area contributed by atoms with Gasteiger partial charge in [0.25, 0.3) is 0 Å². The molecule has 0 saturated heterocycles. The van der Waals surface area contributed by atoms with E-state index >= 15 is 0 Å². The largest absolute Gasteiger partial charge is 0.466 e. The van der Waals surface area contributed by atoms with Crippen molar-refractivity contribution in [1.82, 2.24) is 0 Å². The van der Waals surface area contributed by atoms with Crippen LogP contribution >= 0.6 is 0 Å². The number of esters is 1. The Balaban J connectivity index is 2.51. The van der Waals surface area contributed by atoms with Gasteiger partial charge in [0.05, 0.1) is 13.0 Å². The Kier molecular flexibility index (Phi) is 5.09. The molecule has 1 rings (SSSR count). The standard InChI is InChI=1S/C12H23NO2/c1-2-15-11(14)10-12(8-9-13)6-4-3-5-7-12/h2-10,13H2,1H3. The average molecular weight is 213 g/mol. The lowest BCUT2D eigenvalue weighted by molar-refractivity contribution is -0.146. The van der Waals surface area contributed by atoms with Crippen LogP contribution in [0.15, 0.2) is 0 Å². The second-order valence-electron chi connectivity index (χ2n) is 4.58.